The molecule has 1 aliphatic rings. The Kier molecular flexibility index (Phi) is 6.87. The number of carbonyl (C=O) groups is 3. The lowest BCUT2D eigenvalue weighted by molar-refractivity contribution is -0.143. The summed E-state index contributed by atoms with van der Waals surface area (Å²) in [7, 11) is 1.29. The summed E-state index contributed by atoms with van der Waals surface area (Å²) in [4.78, 5) is 39.8. The summed E-state index contributed by atoms with van der Waals surface area (Å²) in [5.74, 6) is -1.16. The van der Waals surface area contributed by atoms with Crippen molar-refractivity contribution in [3.8, 4) is 11.1 Å². The Morgan fingerprint density at radius 1 is 0.971 bits per heavy atom. The number of nitrogens with zero attached hydrogens (tertiary/aromatic N) is 1. The van der Waals surface area contributed by atoms with E-state index in [-0.39, 0.29) is 5.91 Å². The van der Waals surface area contributed by atoms with Crippen LogP contribution < -0.4 is 10.2 Å². The zero-order valence-electron chi connectivity index (χ0n) is 19.0. The lowest BCUT2D eigenvalue weighted by Crippen LogP contribution is -2.37. The molecule has 1 unspecified atom stereocenters. The minimum absolute atomic E-state index is 0.204. The summed E-state index contributed by atoms with van der Waals surface area (Å²) in [6.45, 7) is 4.14. The van der Waals surface area contributed by atoms with E-state index in [0.717, 1.165) is 23.1 Å². The monoisotopic (exact) mass is 454 g/mol. The maximum absolute atomic E-state index is 13.3. The molecule has 1 N–H and O–H groups in total. The van der Waals surface area contributed by atoms with Crippen molar-refractivity contribution in [1.82, 2.24) is 5.32 Å². The van der Waals surface area contributed by atoms with E-state index in [1.165, 1.54) is 13.2 Å². The molecule has 172 valence electrons. The Morgan fingerprint density at radius 2 is 1.68 bits per heavy atom. The van der Waals surface area contributed by atoms with E-state index < -0.39 is 17.9 Å². The third-order valence-electron chi connectivity index (χ3n) is 6.00. The van der Waals surface area contributed by atoms with E-state index in [9.17, 15) is 14.4 Å². The fourth-order valence-electron chi connectivity index (χ4n) is 4.28. The van der Waals surface area contributed by atoms with E-state index >= 15 is 0 Å². The summed E-state index contributed by atoms with van der Waals surface area (Å²) in [5, 5.41) is 2.83. The van der Waals surface area contributed by atoms with Crippen molar-refractivity contribution in [1.29, 1.82) is 0 Å². The number of rotatable bonds is 6. The maximum atomic E-state index is 13.3. The number of fused-ring (bicyclic) bond motifs is 1. The lowest BCUT2D eigenvalue weighted by Gasteiger charge is -2.30. The molecule has 0 bridgehead atoms. The quantitative estimate of drug-likeness (QED) is 0.441. The number of ether oxygens (including phenoxy) is 1. The first-order valence-electron chi connectivity index (χ1n) is 11.1. The summed E-state index contributed by atoms with van der Waals surface area (Å²) >= 11 is 0. The molecule has 3 aromatic rings. The highest BCUT2D eigenvalue weighted by atomic mass is 16.5. The van der Waals surface area contributed by atoms with Gasteiger partial charge in [0.2, 0.25) is 5.91 Å². The number of hydrogen-bond acceptors (Lipinski definition) is 4. The van der Waals surface area contributed by atoms with Gasteiger partial charge in [0.15, 0.2) is 6.04 Å². The number of nitrogens with one attached hydrogen (secondary N) is 1. The molecule has 0 spiro atoms. The lowest BCUT2D eigenvalue weighted by atomic mass is 9.95. The minimum Gasteiger partial charge on any atom is -0.467 e. The van der Waals surface area contributed by atoms with Gasteiger partial charge in [0, 0.05) is 17.8 Å². The van der Waals surface area contributed by atoms with Crippen molar-refractivity contribution < 1.29 is 19.1 Å². The van der Waals surface area contributed by atoms with Crippen molar-refractivity contribution >= 4 is 23.5 Å². The van der Waals surface area contributed by atoms with Crippen LogP contribution in [0, 0.1) is 0 Å². The van der Waals surface area contributed by atoms with E-state index in [1.54, 1.807) is 17.0 Å². The Morgan fingerprint density at radius 3 is 2.35 bits per heavy atom. The molecule has 0 aliphatic carbocycles. The molecule has 0 aromatic heterocycles. The van der Waals surface area contributed by atoms with Crippen LogP contribution in [0.5, 0.6) is 0 Å². The zero-order valence-corrected chi connectivity index (χ0v) is 19.0. The third kappa shape index (κ3) is 4.62. The second-order valence-corrected chi connectivity index (χ2v) is 8.02. The summed E-state index contributed by atoms with van der Waals surface area (Å²) < 4.78 is 4.98. The molecule has 1 atom stereocenters. The molecule has 1 heterocycles. The van der Waals surface area contributed by atoms with Gasteiger partial charge in [-0.05, 0) is 53.3 Å². The van der Waals surface area contributed by atoms with Crippen LogP contribution in [0.2, 0.25) is 0 Å². The van der Waals surface area contributed by atoms with Gasteiger partial charge in [-0.15, -0.1) is 0 Å². The molecule has 6 nitrogen and oxygen atoms in total. The summed E-state index contributed by atoms with van der Waals surface area (Å²) in [6.07, 6.45) is 2.67. The second-order valence-electron chi connectivity index (χ2n) is 8.02. The molecular weight excluding hydrogens is 428 g/mol. The van der Waals surface area contributed by atoms with Crippen molar-refractivity contribution in [3.63, 3.8) is 0 Å². The van der Waals surface area contributed by atoms with Gasteiger partial charge < -0.3 is 15.0 Å². The zero-order chi connectivity index (χ0) is 24.1. The number of benzene rings is 3. The van der Waals surface area contributed by atoms with Gasteiger partial charge in [-0.25, -0.2) is 4.79 Å². The van der Waals surface area contributed by atoms with Crippen LogP contribution in [0.3, 0.4) is 0 Å². The maximum Gasteiger partial charge on any atom is 0.333 e. The van der Waals surface area contributed by atoms with Gasteiger partial charge in [-0.3, -0.25) is 9.59 Å². The van der Waals surface area contributed by atoms with Crippen LogP contribution in [0.15, 0.2) is 85.5 Å². The molecule has 34 heavy (non-hydrogen) atoms. The SMILES string of the molecule is C=CC(=O)N1CCCc2c(C(=O)NC(C(=O)OC)c3ccc(-c4ccccc4)cc3)cccc21. The second kappa shape index (κ2) is 10.2. The number of carbonyl (C=O) groups excluding carboxylic acids is 3. The normalized spacial score (nSPS) is 13.4. The first kappa shape index (κ1) is 23.0. The topological polar surface area (TPSA) is 75.7 Å². The molecule has 3 aromatic carbocycles. The average molecular weight is 455 g/mol. The minimum atomic E-state index is -0.965. The van der Waals surface area contributed by atoms with Crippen LogP contribution in [-0.2, 0) is 20.7 Å². The van der Waals surface area contributed by atoms with E-state index in [4.69, 9.17) is 4.74 Å². The molecule has 0 saturated carbocycles. The highest BCUT2D eigenvalue weighted by Gasteiger charge is 2.28. The number of hydrogen-bond donors (Lipinski definition) is 1. The Balaban J connectivity index is 1.62. The number of esters is 1. The molecule has 0 radical (unpaired) electrons. The van der Waals surface area contributed by atoms with Gasteiger partial charge in [-0.2, -0.15) is 0 Å². The standard InChI is InChI=1S/C28H26N2O4/c1-3-25(31)30-18-8-12-22-23(11-7-13-24(22)30)27(32)29-26(28(33)34-2)21-16-14-20(15-17-21)19-9-5-4-6-10-19/h3-7,9-11,13-17,26H,1,8,12,18H2,2H3,(H,29,32). The Hall–Kier alpha value is -4.19. The van der Waals surface area contributed by atoms with Gasteiger partial charge in [-0.1, -0.05) is 67.2 Å². The van der Waals surface area contributed by atoms with Crippen LogP contribution in [-0.4, -0.2) is 31.4 Å². The van der Waals surface area contributed by atoms with Gasteiger partial charge in [0.05, 0.1) is 7.11 Å². The molecule has 2 amide bonds. The molecule has 4 rings (SSSR count). The predicted molar refractivity (Wildman–Crippen MR) is 131 cm³/mol. The smallest absolute Gasteiger partial charge is 0.333 e. The van der Waals surface area contributed by atoms with Crippen LogP contribution in [0.1, 0.15) is 33.9 Å². The Labute approximate surface area is 198 Å². The van der Waals surface area contributed by atoms with E-state index in [2.05, 4.69) is 11.9 Å². The molecule has 1 aliphatic heterocycles. The molecule has 6 heteroatoms. The first-order valence-corrected chi connectivity index (χ1v) is 11.1. The van der Waals surface area contributed by atoms with Crippen molar-refractivity contribution in [2.24, 2.45) is 0 Å². The highest BCUT2D eigenvalue weighted by molar-refractivity contribution is 6.05. The van der Waals surface area contributed by atoms with Crippen molar-refractivity contribution in [2.45, 2.75) is 18.9 Å². The van der Waals surface area contributed by atoms with Crippen LogP contribution in [0.25, 0.3) is 11.1 Å². The van der Waals surface area contributed by atoms with Crippen molar-refractivity contribution in [3.05, 3.63) is 102 Å². The fraction of sp³-hybridized carbons (Fsp3) is 0.179. The summed E-state index contributed by atoms with van der Waals surface area (Å²) in [6, 6.07) is 21.7. The highest BCUT2D eigenvalue weighted by Crippen LogP contribution is 2.31. The van der Waals surface area contributed by atoms with Gasteiger partial charge in [0.1, 0.15) is 0 Å². The number of anilines is 1. The van der Waals surface area contributed by atoms with Gasteiger partial charge >= 0.3 is 5.97 Å². The van der Waals surface area contributed by atoms with Crippen LogP contribution in [0.4, 0.5) is 5.69 Å². The fourth-order valence-corrected chi connectivity index (χ4v) is 4.28. The number of amides is 2. The van der Waals surface area contributed by atoms with Crippen molar-refractivity contribution in [2.75, 3.05) is 18.6 Å². The predicted octanol–water partition coefficient (Wildman–Crippen LogP) is 4.46. The van der Waals surface area contributed by atoms with Gasteiger partial charge in [0.25, 0.3) is 5.91 Å². The Bertz CT molecular complexity index is 1220. The average Bonchev–Trinajstić information content (AvgIpc) is 2.90. The first-order chi connectivity index (χ1) is 16.5. The number of methoxy groups -OCH3 is 1. The molecule has 0 fully saturated rings. The third-order valence-corrected chi connectivity index (χ3v) is 6.00. The summed E-state index contributed by atoms with van der Waals surface area (Å²) in [5.41, 5.74) is 4.60. The van der Waals surface area contributed by atoms with E-state index in [1.807, 2.05) is 60.7 Å². The molecule has 0 saturated heterocycles. The van der Waals surface area contributed by atoms with E-state index in [0.29, 0.717) is 29.8 Å². The molecular formula is C28H26N2O4. The van der Waals surface area contributed by atoms with Crippen LogP contribution >= 0.6 is 0 Å². The largest absolute Gasteiger partial charge is 0.467 e.